The largest absolute Gasteiger partial charge is 0.513 e. The van der Waals surface area contributed by atoms with Gasteiger partial charge in [-0.05, 0) is 19.4 Å². The Kier molecular flexibility index (Phi) is 4.45. The van der Waals surface area contributed by atoms with Gasteiger partial charge in [0.05, 0.1) is 23.6 Å². The zero-order valence-corrected chi connectivity index (χ0v) is 12.5. The zero-order chi connectivity index (χ0) is 16.3. The van der Waals surface area contributed by atoms with E-state index in [-0.39, 0.29) is 5.69 Å². The summed E-state index contributed by atoms with van der Waals surface area (Å²) < 4.78 is 9.73. The SMILES string of the molecule is COC(=O)OC1=C(C)NC(C)=CC1c1cccc([N+](=O)[O-])c1. The van der Waals surface area contributed by atoms with Crippen molar-refractivity contribution in [3.05, 3.63) is 63.2 Å². The number of non-ortho nitro benzene ring substituents is 1. The molecule has 1 aliphatic heterocycles. The third-order valence-corrected chi connectivity index (χ3v) is 3.25. The summed E-state index contributed by atoms with van der Waals surface area (Å²) in [5.41, 5.74) is 2.17. The average Bonchev–Trinajstić information content (AvgIpc) is 2.49. The van der Waals surface area contributed by atoms with Gasteiger partial charge in [0.15, 0.2) is 0 Å². The minimum absolute atomic E-state index is 0.0165. The molecule has 0 saturated carbocycles. The van der Waals surface area contributed by atoms with E-state index in [0.29, 0.717) is 17.0 Å². The third kappa shape index (κ3) is 3.25. The van der Waals surface area contributed by atoms with Gasteiger partial charge in [-0.25, -0.2) is 4.79 Å². The van der Waals surface area contributed by atoms with Crippen LogP contribution >= 0.6 is 0 Å². The summed E-state index contributed by atoms with van der Waals surface area (Å²) in [6, 6.07) is 6.23. The standard InChI is InChI=1S/C15H16N2O5/c1-9-7-13(11-5-4-6-12(8-11)17(19)20)14(10(2)16-9)22-15(18)21-3/h4-8,13,16H,1-3H3. The molecule has 0 saturated heterocycles. The van der Waals surface area contributed by atoms with Gasteiger partial charge in [0.25, 0.3) is 5.69 Å². The molecule has 0 fully saturated rings. The number of methoxy groups -OCH3 is 1. The van der Waals surface area contributed by atoms with Crippen molar-refractivity contribution in [2.24, 2.45) is 0 Å². The lowest BCUT2D eigenvalue weighted by atomic mass is 9.92. The zero-order valence-electron chi connectivity index (χ0n) is 12.5. The number of allylic oxidation sites excluding steroid dienone is 3. The molecule has 1 heterocycles. The van der Waals surface area contributed by atoms with E-state index in [4.69, 9.17) is 4.74 Å². The monoisotopic (exact) mass is 304 g/mol. The van der Waals surface area contributed by atoms with Gasteiger partial charge in [0, 0.05) is 17.8 Å². The quantitative estimate of drug-likeness (QED) is 0.524. The molecule has 0 amide bonds. The molecule has 0 radical (unpaired) electrons. The Morgan fingerprint density at radius 2 is 2.09 bits per heavy atom. The number of benzene rings is 1. The lowest BCUT2D eigenvalue weighted by Crippen LogP contribution is -2.23. The van der Waals surface area contributed by atoms with Gasteiger partial charge in [0.2, 0.25) is 0 Å². The molecule has 1 N–H and O–H groups in total. The van der Waals surface area contributed by atoms with Crippen LogP contribution in [0.1, 0.15) is 25.3 Å². The van der Waals surface area contributed by atoms with E-state index in [9.17, 15) is 14.9 Å². The molecule has 0 aromatic heterocycles. The minimum atomic E-state index is -0.834. The normalized spacial score (nSPS) is 17.4. The molecule has 7 nitrogen and oxygen atoms in total. The maximum absolute atomic E-state index is 11.4. The molecule has 116 valence electrons. The smallest absolute Gasteiger partial charge is 0.437 e. The highest BCUT2D eigenvalue weighted by Gasteiger charge is 2.26. The van der Waals surface area contributed by atoms with Gasteiger partial charge in [0.1, 0.15) is 5.76 Å². The average molecular weight is 304 g/mol. The first-order valence-electron chi connectivity index (χ1n) is 6.58. The first-order valence-corrected chi connectivity index (χ1v) is 6.58. The van der Waals surface area contributed by atoms with Gasteiger partial charge >= 0.3 is 6.16 Å². The number of hydrogen-bond acceptors (Lipinski definition) is 6. The van der Waals surface area contributed by atoms with Crippen LogP contribution in [0.4, 0.5) is 10.5 Å². The van der Waals surface area contributed by atoms with Crippen LogP contribution in [0.5, 0.6) is 0 Å². The molecule has 22 heavy (non-hydrogen) atoms. The third-order valence-electron chi connectivity index (χ3n) is 3.25. The van der Waals surface area contributed by atoms with E-state index in [1.165, 1.54) is 19.2 Å². The van der Waals surface area contributed by atoms with Crippen molar-refractivity contribution in [1.82, 2.24) is 5.32 Å². The van der Waals surface area contributed by atoms with Crippen LogP contribution in [0.2, 0.25) is 0 Å². The van der Waals surface area contributed by atoms with E-state index in [1.807, 2.05) is 13.0 Å². The molecule has 1 aromatic rings. The Morgan fingerprint density at radius 1 is 1.36 bits per heavy atom. The van der Waals surface area contributed by atoms with E-state index in [2.05, 4.69) is 10.1 Å². The van der Waals surface area contributed by atoms with Crippen LogP contribution in [0, 0.1) is 10.1 Å². The number of nitrogens with one attached hydrogen (secondary N) is 1. The predicted octanol–water partition coefficient (Wildman–Crippen LogP) is 3.20. The summed E-state index contributed by atoms with van der Waals surface area (Å²) in [6.45, 7) is 3.63. The topological polar surface area (TPSA) is 90.7 Å². The fraction of sp³-hybridized carbons (Fsp3) is 0.267. The number of carbonyl (C=O) groups is 1. The van der Waals surface area contributed by atoms with Gasteiger partial charge in [-0.15, -0.1) is 0 Å². The lowest BCUT2D eigenvalue weighted by molar-refractivity contribution is -0.384. The van der Waals surface area contributed by atoms with Crippen molar-refractivity contribution < 1.29 is 19.2 Å². The maximum atomic E-state index is 11.4. The first kappa shape index (κ1) is 15.6. The number of ether oxygens (including phenoxy) is 2. The fourth-order valence-corrected chi connectivity index (χ4v) is 2.31. The van der Waals surface area contributed by atoms with Crippen LogP contribution in [-0.4, -0.2) is 18.2 Å². The maximum Gasteiger partial charge on any atom is 0.513 e. The van der Waals surface area contributed by atoms with Gasteiger partial charge in [-0.1, -0.05) is 18.2 Å². The van der Waals surface area contributed by atoms with E-state index >= 15 is 0 Å². The molecule has 1 aromatic carbocycles. The van der Waals surface area contributed by atoms with Gasteiger partial charge in [-0.2, -0.15) is 0 Å². The van der Waals surface area contributed by atoms with E-state index < -0.39 is 17.0 Å². The molecular formula is C15H16N2O5. The fourth-order valence-electron chi connectivity index (χ4n) is 2.31. The number of carbonyl (C=O) groups excluding carboxylic acids is 1. The van der Waals surface area contributed by atoms with Crippen LogP contribution < -0.4 is 5.32 Å². The number of hydrogen-bond donors (Lipinski definition) is 1. The van der Waals surface area contributed by atoms with Crippen LogP contribution in [0.15, 0.2) is 47.5 Å². The molecule has 1 aliphatic rings. The van der Waals surface area contributed by atoms with E-state index in [1.54, 1.807) is 19.1 Å². The van der Waals surface area contributed by atoms with Gasteiger partial charge < -0.3 is 14.8 Å². The lowest BCUT2D eigenvalue weighted by Gasteiger charge is -2.25. The molecule has 0 bridgehead atoms. The Hall–Kier alpha value is -2.83. The molecule has 1 atom stereocenters. The predicted molar refractivity (Wildman–Crippen MR) is 78.9 cm³/mol. The molecule has 7 heteroatoms. The second-order valence-electron chi connectivity index (χ2n) is 4.85. The van der Waals surface area contributed by atoms with Crippen molar-refractivity contribution in [1.29, 1.82) is 0 Å². The first-order chi connectivity index (χ1) is 10.4. The molecule has 0 spiro atoms. The Morgan fingerprint density at radius 3 is 2.73 bits per heavy atom. The summed E-state index contributed by atoms with van der Waals surface area (Å²) in [5.74, 6) is -0.0433. The van der Waals surface area contributed by atoms with Crippen LogP contribution in [0.3, 0.4) is 0 Å². The molecule has 0 aliphatic carbocycles. The number of nitro benzene ring substituents is 1. The Bertz CT molecular complexity index is 678. The Balaban J connectivity index is 2.44. The summed E-state index contributed by atoms with van der Waals surface area (Å²) in [5, 5.41) is 14.0. The molecular weight excluding hydrogens is 288 g/mol. The summed E-state index contributed by atoms with van der Waals surface area (Å²) in [7, 11) is 1.22. The number of dihydropyridines is 1. The highest BCUT2D eigenvalue weighted by Crippen LogP contribution is 2.34. The van der Waals surface area contributed by atoms with E-state index in [0.717, 1.165) is 5.70 Å². The number of rotatable bonds is 3. The summed E-state index contributed by atoms with van der Waals surface area (Å²) >= 11 is 0. The van der Waals surface area contributed by atoms with Crippen molar-refractivity contribution >= 4 is 11.8 Å². The molecule has 1 unspecified atom stereocenters. The Labute approximate surface area is 127 Å². The number of nitrogens with zero attached hydrogens (tertiary/aromatic N) is 1. The second kappa shape index (κ2) is 6.30. The second-order valence-corrected chi connectivity index (χ2v) is 4.85. The van der Waals surface area contributed by atoms with Crippen LogP contribution in [-0.2, 0) is 9.47 Å². The van der Waals surface area contributed by atoms with Crippen molar-refractivity contribution in [3.63, 3.8) is 0 Å². The highest BCUT2D eigenvalue weighted by atomic mass is 16.7. The highest BCUT2D eigenvalue weighted by molar-refractivity contribution is 5.62. The van der Waals surface area contributed by atoms with Crippen LogP contribution in [0.25, 0.3) is 0 Å². The summed E-state index contributed by atoms with van der Waals surface area (Å²) in [6.07, 6.45) is 1.00. The van der Waals surface area contributed by atoms with Crippen molar-refractivity contribution in [3.8, 4) is 0 Å². The van der Waals surface area contributed by atoms with Crippen molar-refractivity contribution in [2.45, 2.75) is 19.8 Å². The van der Waals surface area contributed by atoms with Crippen molar-refractivity contribution in [2.75, 3.05) is 7.11 Å². The van der Waals surface area contributed by atoms with Gasteiger partial charge in [-0.3, -0.25) is 10.1 Å². The summed E-state index contributed by atoms with van der Waals surface area (Å²) in [4.78, 5) is 21.9. The minimum Gasteiger partial charge on any atom is -0.437 e. The number of nitro groups is 1. The molecule has 2 rings (SSSR count).